The van der Waals surface area contributed by atoms with Gasteiger partial charge in [0, 0.05) is 19.0 Å². The Morgan fingerprint density at radius 2 is 1.68 bits per heavy atom. The minimum atomic E-state index is -0.566. The number of aryl methyl sites for hydroxylation is 1. The first-order valence-electron chi connectivity index (χ1n) is 11.8. The maximum atomic E-state index is 13.6. The zero-order chi connectivity index (χ0) is 24.7. The lowest BCUT2D eigenvalue weighted by Gasteiger charge is -2.31. The van der Waals surface area contributed by atoms with Crippen LogP contribution in [0.25, 0.3) is 10.8 Å². The second kappa shape index (κ2) is 12.2. The lowest BCUT2D eigenvalue weighted by Crippen LogP contribution is -2.50. The summed E-state index contributed by atoms with van der Waals surface area (Å²) in [6, 6.07) is 19.1. The third kappa shape index (κ3) is 6.52. The van der Waals surface area contributed by atoms with E-state index in [2.05, 4.69) is 29.6 Å². The van der Waals surface area contributed by atoms with Gasteiger partial charge in [-0.3, -0.25) is 9.59 Å². The lowest BCUT2D eigenvalue weighted by molar-refractivity contribution is -0.141. The van der Waals surface area contributed by atoms with Gasteiger partial charge in [0.15, 0.2) is 0 Å². The minimum absolute atomic E-state index is 0.0409. The molecule has 4 nitrogen and oxygen atoms in total. The van der Waals surface area contributed by atoms with Gasteiger partial charge in [-0.15, -0.1) is 0 Å². The summed E-state index contributed by atoms with van der Waals surface area (Å²) >= 11 is 12.3. The molecule has 180 valence electrons. The summed E-state index contributed by atoms with van der Waals surface area (Å²) in [6.07, 6.45) is 2.25. The molecule has 0 spiro atoms. The van der Waals surface area contributed by atoms with Gasteiger partial charge in [0.2, 0.25) is 11.8 Å². The van der Waals surface area contributed by atoms with Crippen LogP contribution in [0.5, 0.6) is 0 Å². The molecule has 0 saturated heterocycles. The molecule has 34 heavy (non-hydrogen) atoms. The zero-order valence-electron chi connectivity index (χ0n) is 20.0. The third-order valence-corrected chi connectivity index (χ3v) is 6.95. The molecule has 3 aromatic rings. The van der Waals surface area contributed by atoms with Crippen LogP contribution >= 0.6 is 23.2 Å². The van der Waals surface area contributed by atoms with Gasteiger partial charge in [0.05, 0.1) is 10.0 Å². The van der Waals surface area contributed by atoms with Gasteiger partial charge >= 0.3 is 0 Å². The largest absolute Gasteiger partial charge is 0.352 e. The standard InChI is InChI=1S/C28H32Cl2N2O2/c1-4-19(3)31-28(34)26(5-2)32(18-20-13-15-24(29)25(30)17-20)27(33)16-14-22-11-8-10-21-9-6-7-12-23(21)22/h6-13,15,17,19,26H,4-5,14,16,18H2,1-3H3,(H,31,34)/t19-,26+/m1/s1. The minimum Gasteiger partial charge on any atom is -0.352 e. The van der Waals surface area contributed by atoms with Crippen molar-refractivity contribution in [2.24, 2.45) is 0 Å². The molecule has 0 aliphatic rings. The number of nitrogens with one attached hydrogen (secondary N) is 1. The van der Waals surface area contributed by atoms with Crippen molar-refractivity contribution in [2.75, 3.05) is 0 Å². The summed E-state index contributed by atoms with van der Waals surface area (Å²) in [5.74, 6) is -0.194. The van der Waals surface area contributed by atoms with E-state index in [1.54, 1.807) is 17.0 Å². The van der Waals surface area contributed by atoms with Gasteiger partial charge in [-0.1, -0.05) is 85.6 Å². The van der Waals surface area contributed by atoms with E-state index in [0.717, 1.165) is 28.3 Å². The summed E-state index contributed by atoms with van der Waals surface area (Å²) in [5, 5.41) is 6.23. The molecule has 3 aromatic carbocycles. The van der Waals surface area contributed by atoms with Gasteiger partial charge in [-0.2, -0.15) is 0 Å². The van der Waals surface area contributed by atoms with E-state index >= 15 is 0 Å². The van der Waals surface area contributed by atoms with E-state index in [0.29, 0.717) is 29.3 Å². The highest BCUT2D eigenvalue weighted by atomic mass is 35.5. The van der Waals surface area contributed by atoms with Crippen LogP contribution in [0.2, 0.25) is 10.0 Å². The van der Waals surface area contributed by atoms with E-state index in [1.165, 1.54) is 0 Å². The average Bonchev–Trinajstić information content (AvgIpc) is 2.84. The highest BCUT2D eigenvalue weighted by molar-refractivity contribution is 6.42. The molecule has 0 fully saturated rings. The fourth-order valence-corrected chi connectivity index (χ4v) is 4.41. The van der Waals surface area contributed by atoms with Crippen LogP contribution in [0, 0.1) is 0 Å². The van der Waals surface area contributed by atoms with E-state index in [4.69, 9.17) is 23.2 Å². The fourth-order valence-electron chi connectivity index (χ4n) is 4.09. The molecule has 2 atom stereocenters. The van der Waals surface area contributed by atoms with E-state index in [-0.39, 0.29) is 24.4 Å². The van der Waals surface area contributed by atoms with Crippen molar-refractivity contribution >= 4 is 45.8 Å². The van der Waals surface area contributed by atoms with E-state index in [9.17, 15) is 9.59 Å². The number of hydrogen-bond acceptors (Lipinski definition) is 2. The summed E-state index contributed by atoms with van der Waals surface area (Å²) in [4.78, 5) is 28.3. The molecule has 0 aromatic heterocycles. The maximum absolute atomic E-state index is 13.6. The molecule has 3 rings (SSSR count). The Bertz CT molecular complexity index is 1140. The molecule has 6 heteroatoms. The van der Waals surface area contributed by atoms with Crippen molar-refractivity contribution in [1.29, 1.82) is 0 Å². The van der Waals surface area contributed by atoms with Crippen LogP contribution in [0.1, 0.15) is 51.2 Å². The molecule has 0 aliphatic carbocycles. The lowest BCUT2D eigenvalue weighted by atomic mass is 10.00. The SMILES string of the molecule is CC[C@@H](C)NC(=O)[C@H](CC)N(Cc1ccc(Cl)c(Cl)c1)C(=O)CCc1cccc2ccccc12. The molecule has 0 unspecified atom stereocenters. The first-order chi connectivity index (χ1) is 16.3. The molecule has 1 N–H and O–H groups in total. The Morgan fingerprint density at radius 1 is 0.941 bits per heavy atom. The van der Waals surface area contributed by atoms with Crippen molar-refractivity contribution in [1.82, 2.24) is 10.2 Å². The predicted molar refractivity (Wildman–Crippen MR) is 141 cm³/mol. The number of benzene rings is 3. The predicted octanol–water partition coefficient (Wildman–Crippen LogP) is 6.80. The van der Waals surface area contributed by atoms with Gasteiger partial charge in [-0.25, -0.2) is 0 Å². The van der Waals surface area contributed by atoms with Crippen LogP contribution in [-0.2, 0) is 22.6 Å². The molecule has 0 saturated carbocycles. The number of hydrogen-bond donors (Lipinski definition) is 1. The third-order valence-electron chi connectivity index (χ3n) is 6.21. The molecule has 2 amide bonds. The van der Waals surface area contributed by atoms with Crippen LogP contribution in [-0.4, -0.2) is 28.8 Å². The van der Waals surface area contributed by atoms with Crippen molar-refractivity contribution in [3.63, 3.8) is 0 Å². The Labute approximate surface area is 212 Å². The second-order valence-electron chi connectivity index (χ2n) is 8.65. The van der Waals surface area contributed by atoms with Crippen LogP contribution in [0.4, 0.5) is 0 Å². The van der Waals surface area contributed by atoms with Crippen LogP contribution in [0.15, 0.2) is 60.7 Å². The van der Waals surface area contributed by atoms with Crippen LogP contribution < -0.4 is 5.32 Å². The topological polar surface area (TPSA) is 49.4 Å². The fraction of sp³-hybridized carbons (Fsp3) is 0.357. The first-order valence-corrected chi connectivity index (χ1v) is 12.6. The number of nitrogens with zero attached hydrogens (tertiary/aromatic N) is 1. The van der Waals surface area contributed by atoms with Crippen molar-refractivity contribution in [3.05, 3.63) is 81.8 Å². The summed E-state index contributed by atoms with van der Waals surface area (Å²) < 4.78 is 0. The number of fused-ring (bicyclic) bond motifs is 1. The number of carbonyl (C=O) groups excluding carboxylic acids is 2. The number of carbonyl (C=O) groups is 2. The zero-order valence-corrected chi connectivity index (χ0v) is 21.5. The number of rotatable bonds is 10. The summed E-state index contributed by atoms with van der Waals surface area (Å²) in [6.45, 7) is 6.21. The molecule has 0 bridgehead atoms. The quantitative estimate of drug-likeness (QED) is 0.334. The number of amides is 2. The molecule has 0 heterocycles. The van der Waals surface area contributed by atoms with E-state index < -0.39 is 6.04 Å². The monoisotopic (exact) mass is 498 g/mol. The number of halogens is 2. The maximum Gasteiger partial charge on any atom is 0.243 e. The molecule has 0 radical (unpaired) electrons. The average molecular weight is 499 g/mol. The van der Waals surface area contributed by atoms with E-state index in [1.807, 2.05) is 45.0 Å². The Kier molecular flexibility index (Phi) is 9.37. The smallest absolute Gasteiger partial charge is 0.243 e. The van der Waals surface area contributed by atoms with Crippen molar-refractivity contribution in [2.45, 2.75) is 65.1 Å². The van der Waals surface area contributed by atoms with Gasteiger partial charge in [0.25, 0.3) is 0 Å². The summed E-state index contributed by atoms with van der Waals surface area (Å²) in [5.41, 5.74) is 1.96. The highest BCUT2D eigenvalue weighted by Crippen LogP contribution is 2.25. The molecular weight excluding hydrogens is 467 g/mol. The Morgan fingerprint density at radius 3 is 2.38 bits per heavy atom. The van der Waals surface area contributed by atoms with Crippen molar-refractivity contribution < 1.29 is 9.59 Å². The summed E-state index contributed by atoms with van der Waals surface area (Å²) in [7, 11) is 0. The molecule has 0 aliphatic heterocycles. The first kappa shape index (κ1) is 26.1. The second-order valence-corrected chi connectivity index (χ2v) is 9.46. The van der Waals surface area contributed by atoms with Gasteiger partial charge < -0.3 is 10.2 Å². The van der Waals surface area contributed by atoms with Gasteiger partial charge in [-0.05, 0) is 60.2 Å². The Hall–Kier alpha value is -2.56. The highest BCUT2D eigenvalue weighted by Gasteiger charge is 2.29. The molecular formula is C28H32Cl2N2O2. The van der Waals surface area contributed by atoms with Crippen LogP contribution in [0.3, 0.4) is 0 Å². The normalized spacial score (nSPS) is 12.9. The van der Waals surface area contributed by atoms with Crippen molar-refractivity contribution in [3.8, 4) is 0 Å². The van der Waals surface area contributed by atoms with Gasteiger partial charge in [0.1, 0.15) is 6.04 Å². The Balaban J connectivity index is 1.85.